The Hall–Kier alpha value is -2.65. The minimum atomic E-state index is -2.95. The zero-order valence-electron chi connectivity index (χ0n) is 15.1. The van der Waals surface area contributed by atoms with Crippen LogP contribution < -0.4 is 4.31 Å². The molecule has 0 bridgehead atoms. The molecule has 0 amide bonds. The van der Waals surface area contributed by atoms with E-state index in [-0.39, 0.29) is 6.61 Å². The first-order valence-electron chi connectivity index (χ1n) is 8.25. The fourth-order valence-electron chi connectivity index (χ4n) is 2.57. The van der Waals surface area contributed by atoms with Crippen molar-refractivity contribution in [2.24, 2.45) is 0 Å². The molecular weight excluding hydrogens is 386 g/mol. The molecule has 3 aromatic rings. The van der Waals surface area contributed by atoms with Gasteiger partial charge in [0.2, 0.25) is 10.9 Å². The number of aryl methyl sites for hydroxylation is 1. The molecule has 0 radical (unpaired) electrons. The molecule has 2 aromatic heterocycles. The Kier molecular flexibility index (Phi) is 5.62. The van der Waals surface area contributed by atoms with Crippen LogP contribution in [0.15, 0.2) is 36.4 Å². The smallest absolute Gasteiger partial charge is 0.338 e. The predicted molar refractivity (Wildman–Crippen MR) is 106 cm³/mol. The average Bonchev–Trinajstić information content (AvgIpc) is 3.23. The number of carbonyl (C=O) groups is 1. The second-order valence-electron chi connectivity index (χ2n) is 5.78. The van der Waals surface area contributed by atoms with Gasteiger partial charge in [-0.15, -0.1) is 11.3 Å². The van der Waals surface area contributed by atoms with Gasteiger partial charge in [0, 0.05) is 5.69 Å². The van der Waals surface area contributed by atoms with Gasteiger partial charge in [0.1, 0.15) is 10.7 Å². The van der Waals surface area contributed by atoms with Crippen molar-refractivity contribution in [3.8, 4) is 10.6 Å². The fourth-order valence-corrected chi connectivity index (χ4v) is 4.42. The van der Waals surface area contributed by atoms with E-state index in [2.05, 4.69) is 10.2 Å². The monoisotopic (exact) mass is 405 g/mol. The van der Waals surface area contributed by atoms with E-state index in [1.54, 1.807) is 31.2 Å². The summed E-state index contributed by atoms with van der Waals surface area (Å²) in [5.41, 5.74) is 3.46. The second kappa shape index (κ2) is 7.93. The number of nitrogens with one attached hydrogen (secondary N) is 1. The van der Waals surface area contributed by atoms with Gasteiger partial charge >= 0.3 is 5.97 Å². The summed E-state index contributed by atoms with van der Waals surface area (Å²) in [4.78, 5) is 12.8. The SMILES string of the molecule is CCOC(=O)c1cccc(N(c2ccc(-c3n[nH]c(C)c3C)s2)[SH](=O)=O)c1. The first-order valence-corrected chi connectivity index (χ1v) is 10.2. The average molecular weight is 406 g/mol. The number of nitrogens with zero attached hydrogens (tertiary/aromatic N) is 2. The molecule has 0 spiro atoms. The quantitative estimate of drug-likeness (QED) is 0.483. The number of aromatic nitrogens is 2. The van der Waals surface area contributed by atoms with Crippen LogP contribution in [-0.4, -0.2) is 31.2 Å². The van der Waals surface area contributed by atoms with Gasteiger partial charge in [-0.2, -0.15) is 5.10 Å². The van der Waals surface area contributed by atoms with Crippen LogP contribution in [0.5, 0.6) is 0 Å². The molecule has 7 nitrogen and oxygen atoms in total. The van der Waals surface area contributed by atoms with E-state index in [1.807, 2.05) is 19.9 Å². The first-order chi connectivity index (χ1) is 12.9. The third kappa shape index (κ3) is 3.88. The van der Waals surface area contributed by atoms with Crippen molar-refractivity contribution < 1.29 is 17.9 Å². The van der Waals surface area contributed by atoms with Crippen molar-refractivity contribution in [2.75, 3.05) is 10.9 Å². The zero-order chi connectivity index (χ0) is 19.6. The molecule has 27 heavy (non-hydrogen) atoms. The number of carbonyl (C=O) groups excluding carboxylic acids is 1. The molecule has 9 heteroatoms. The highest BCUT2D eigenvalue weighted by Gasteiger charge is 2.18. The number of benzene rings is 1. The summed E-state index contributed by atoms with van der Waals surface area (Å²) in [6.07, 6.45) is 0. The molecule has 0 unspecified atom stereocenters. The second-order valence-corrected chi connectivity index (χ2v) is 7.72. The molecule has 1 aromatic carbocycles. The van der Waals surface area contributed by atoms with Crippen molar-refractivity contribution in [3.63, 3.8) is 0 Å². The summed E-state index contributed by atoms with van der Waals surface area (Å²) in [6, 6.07) is 9.93. The molecule has 0 fully saturated rings. The Bertz CT molecular complexity index is 1040. The lowest BCUT2D eigenvalue weighted by Crippen LogP contribution is -2.14. The molecule has 0 saturated heterocycles. The largest absolute Gasteiger partial charge is 0.462 e. The normalized spacial score (nSPS) is 11.0. The Balaban J connectivity index is 1.99. The van der Waals surface area contributed by atoms with Gasteiger partial charge in [-0.25, -0.2) is 17.5 Å². The Morgan fingerprint density at radius 3 is 2.67 bits per heavy atom. The molecule has 0 saturated carbocycles. The molecule has 0 aliphatic carbocycles. The van der Waals surface area contributed by atoms with Gasteiger partial charge in [-0.1, -0.05) is 6.07 Å². The van der Waals surface area contributed by atoms with Crippen LogP contribution in [0.3, 0.4) is 0 Å². The lowest BCUT2D eigenvalue weighted by Gasteiger charge is -2.16. The Morgan fingerprint density at radius 2 is 2.04 bits per heavy atom. The molecule has 0 aliphatic rings. The summed E-state index contributed by atoms with van der Waals surface area (Å²) in [5.74, 6) is -0.491. The highest BCUT2D eigenvalue weighted by molar-refractivity contribution is 7.74. The van der Waals surface area contributed by atoms with E-state index >= 15 is 0 Å². The molecule has 0 atom stereocenters. The summed E-state index contributed by atoms with van der Waals surface area (Å²) in [7, 11) is -2.95. The number of H-pyrrole nitrogens is 1. The number of hydrogen-bond acceptors (Lipinski definition) is 6. The highest BCUT2D eigenvalue weighted by Crippen LogP contribution is 2.38. The molecule has 3 rings (SSSR count). The summed E-state index contributed by atoms with van der Waals surface area (Å²) in [5, 5.41) is 7.74. The van der Waals surface area contributed by atoms with Crippen LogP contribution in [0.2, 0.25) is 0 Å². The maximum absolute atomic E-state index is 12.0. The van der Waals surface area contributed by atoms with Crippen molar-refractivity contribution in [3.05, 3.63) is 53.2 Å². The first kappa shape index (κ1) is 19.1. The van der Waals surface area contributed by atoms with Gasteiger partial charge < -0.3 is 4.74 Å². The van der Waals surface area contributed by atoms with E-state index in [0.717, 1.165) is 21.8 Å². The number of thiol groups is 1. The minimum absolute atomic E-state index is 0.249. The topological polar surface area (TPSA) is 92.4 Å². The van der Waals surface area contributed by atoms with E-state index < -0.39 is 16.9 Å². The van der Waals surface area contributed by atoms with Crippen molar-refractivity contribution in [1.82, 2.24) is 10.2 Å². The van der Waals surface area contributed by atoms with Crippen LogP contribution in [0.4, 0.5) is 10.7 Å². The summed E-state index contributed by atoms with van der Waals surface area (Å²) < 4.78 is 30.1. The van der Waals surface area contributed by atoms with Crippen molar-refractivity contribution in [1.29, 1.82) is 0 Å². The molecular formula is C18H19N3O4S2. The predicted octanol–water partition coefficient (Wildman–Crippen LogP) is 3.60. The standard InChI is InChI=1S/C18H19N3O4S2/c1-4-25-18(22)13-6-5-7-14(10-13)21(27(23)24)16-9-8-15(26-16)17-11(2)12(3)19-20-17/h5-10,27H,4H2,1-3H3,(H,19,20). The maximum atomic E-state index is 12.0. The van der Waals surface area contributed by atoms with Gasteiger partial charge in [0.05, 0.1) is 22.7 Å². The highest BCUT2D eigenvalue weighted by atomic mass is 32.2. The fraction of sp³-hybridized carbons (Fsp3) is 0.222. The van der Waals surface area contributed by atoms with E-state index in [9.17, 15) is 13.2 Å². The van der Waals surface area contributed by atoms with E-state index in [1.165, 1.54) is 21.7 Å². The van der Waals surface area contributed by atoms with Crippen LogP contribution in [0.25, 0.3) is 10.6 Å². The Labute approximate surface area is 162 Å². The van der Waals surface area contributed by atoms with Crippen molar-refractivity contribution in [2.45, 2.75) is 20.8 Å². The van der Waals surface area contributed by atoms with Gasteiger partial charge in [-0.05, 0) is 56.7 Å². The third-order valence-electron chi connectivity index (χ3n) is 4.05. The number of ether oxygens (including phenoxy) is 1. The molecule has 142 valence electrons. The van der Waals surface area contributed by atoms with Crippen molar-refractivity contribution >= 4 is 38.9 Å². The summed E-state index contributed by atoms with van der Waals surface area (Å²) in [6.45, 7) is 5.86. The van der Waals surface area contributed by atoms with Crippen LogP contribution in [-0.2, 0) is 15.6 Å². The van der Waals surface area contributed by atoms with E-state index in [4.69, 9.17) is 4.74 Å². The van der Waals surface area contributed by atoms with Gasteiger partial charge in [-0.3, -0.25) is 5.10 Å². The summed E-state index contributed by atoms with van der Waals surface area (Å²) >= 11 is 1.31. The number of hydrogen-bond donors (Lipinski definition) is 2. The Morgan fingerprint density at radius 1 is 1.26 bits per heavy atom. The number of thiophene rings is 1. The van der Waals surface area contributed by atoms with E-state index in [0.29, 0.717) is 16.3 Å². The van der Waals surface area contributed by atoms with Crippen LogP contribution in [0, 0.1) is 13.8 Å². The number of rotatable bonds is 6. The van der Waals surface area contributed by atoms with Gasteiger partial charge in [0.25, 0.3) is 0 Å². The van der Waals surface area contributed by atoms with Gasteiger partial charge in [0.15, 0.2) is 0 Å². The third-order valence-corrected chi connectivity index (χ3v) is 6.04. The number of esters is 1. The molecule has 0 aliphatic heterocycles. The van der Waals surface area contributed by atoms with Crippen LogP contribution in [0.1, 0.15) is 28.5 Å². The lowest BCUT2D eigenvalue weighted by atomic mass is 10.2. The lowest BCUT2D eigenvalue weighted by molar-refractivity contribution is 0.0526. The molecule has 1 N–H and O–H groups in total. The molecule has 2 heterocycles. The van der Waals surface area contributed by atoms with Crippen LogP contribution >= 0.6 is 11.3 Å². The minimum Gasteiger partial charge on any atom is -0.462 e. The number of anilines is 2. The zero-order valence-corrected chi connectivity index (χ0v) is 16.8. The number of aromatic amines is 1. The maximum Gasteiger partial charge on any atom is 0.338 e.